The van der Waals surface area contributed by atoms with Gasteiger partial charge < -0.3 is 4.57 Å². The minimum Gasteiger partial charge on any atom is -0.335 e. The van der Waals surface area contributed by atoms with Crippen LogP contribution in [0.15, 0.2) is 36.5 Å². The highest BCUT2D eigenvalue weighted by atomic mass is 15.1. The molecule has 1 aromatic carbocycles. The lowest BCUT2D eigenvalue weighted by atomic mass is 10.1. The molecule has 0 amide bonds. The average molecular weight is 397 g/mol. The van der Waals surface area contributed by atoms with Crippen molar-refractivity contribution < 1.29 is 0 Å². The zero-order valence-electron chi connectivity index (χ0n) is 19.2. The van der Waals surface area contributed by atoms with Crippen molar-refractivity contribution in [3.63, 3.8) is 0 Å². The van der Waals surface area contributed by atoms with Crippen LogP contribution in [-0.2, 0) is 25.8 Å². The van der Waals surface area contributed by atoms with Gasteiger partial charge in [-0.3, -0.25) is 0 Å². The molecule has 0 bridgehead atoms. The van der Waals surface area contributed by atoms with Gasteiger partial charge in [-0.05, 0) is 37.7 Å². The molecule has 2 heteroatoms. The Labute approximate surface area is 180 Å². The Morgan fingerprint density at radius 1 is 0.655 bits per heavy atom. The quantitative estimate of drug-likeness (QED) is 0.248. The second kappa shape index (κ2) is 15.3. The van der Waals surface area contributed by atoms with Crippen molar-refractivity contribution in [2.24, 2.45) is 0 Å². The summed E-state index contributed by atoms with van der Waals surface area (Å²) in [6.45, 7) is 5.66. The van der Waals surface area contributed by atoms with Crippen LogP contribution in [0.1, 0.15) is 108 Å². The minimum absolute atomic E-state index is 1.09. The minimum atomic E-state index is 1.09. The summed E-state index contributed by atoms with van der Waals surface area (Å²) >= 11 is 0. The van der Waals surface area contributed by atoms with Crippen LogP contribution in [0.4, 0.5) is 0 Å². The van der Waals surface area contributed by atoms with Crippen molar-refractivity contribution in [2.75, 3.05) is 0 Å². The van der Waals surface area contributed by atoms with Crippen LogP contribution in [0.3, 0.4) is 0 Å². The first kappa shape index (κ1) is 23.7. The fourth-order valence-electron chi connectivity index (χ4n) is 4.16. The zero-order valence-corrected chi connectivity index (χ0v) is 19.2. The molecule has 0 aliphatic heterocycles. The van der Waals surface area contributed by atoms with E-state index < -0.39 is 0 Å². The van der Waals surface area contributed by atoms with E-state index in [1.807, 2.05) is 0 Å². The van der Waals surface area contributed by atoms with Gasteiger partial charge in [0, 0.05) is 19.2 Å². The van der Waals surface area contributed by atoms with E-state index in [9.17, 15) is 0 Å². The highest BCUT2D eigenvalue weighted by molar-refractivity contribution is 5.15. The van der Waals surface area contributed by atoms with Crippen molar-refractivity contribution in [1.82, 2.24) is 9.55 Å². The Morgan fingerprint density at radius 2 is 1.31 bits per heavy atom. The second-order valence-electron chi connectivity index (χ2n) is 8.61. The lowest BCUT2D eigenvalue weighted by molar-refractivity contribution is 0.548. The first-order chi connectivity index (χ1) is 14.3. The maximum Gasteiger partial charge on any atom is 0.108 e. The van der Waals surface area contributed by atoms with Crippen molar-refractivity contribution >= 4 is 0 Å². The number of hydrogen-bond acceptors (Lipinski definition) is 1. The van der Waals surface area contributed by atoms with Crippen molar-refractivity contribution in [1.29, 1.82) is 0 Å². The van der Waals surface area contributed by atoms with Crippen LogP contribution in [0.5, 0.6) is 0 Å². The maximum atomic E-state index is 5.00. The highest BCUT2D eigenvalue weighted by Crippen LogP contribution is 2.14. The molecule has 2 aromatic rings. The Morgan fingerprint density at radius 3 is 1.97 bits per heavy atom. The number of aromatic nitrogens is 2. The average Bonchev–Trinajstić information content (AvgIpc) is 3.12. The predicted molar refractivity (Wildman–Crippen MR) is 127 cm³/mol. The van der Waals surface area contributed by atoms with Crippen LogP contribution in [0, 0.1) is 0 Å². The zero-order chi connectivity index (χ0) is 20.6. The molecular weight excluding hydrogens is 352 g/mol. The van der Waals surface area contributed by atoms with Gasteiger partial charge in [-0.15, -0.1) is 0 Å². The summed E-state index contributed by atoms with van der Waals surface area (Å²) in [7, 11) is 0. The van der Waals surface area contributed by atoms with Crippen molar-refractivity contribution in [3.05, 3.63) is 53.6 Å². The smallest absolute Gasteiger partial charge is 0.108 e. The number of benzene rings is 1. The molecule has 0 aliphatic carbocycles. The van der Waals surface area contributed by atoms with E-state index >= 15 is 0 Å². The number of imidazole rings is 1. The molecule has 0 saturated carbocycles. The Kier molecular flexibility index (Phi) is 12.5. The molecule has 1 heterocycles. The van der Waals surface area contributed by atoms with Crippen molar-refractivity contribution in [2.45, 2.75) is 117 Å². The van der Waals surface area contributed by atoms with Crippen LogP contribution >= 0.6 is 0 Å². The molecule has 0 fully saturated rings. The maximum absolute atomic E-state index is 5.00. The van der Waals surface area contributed by atoms with Crippen LogP contribution in [-0.4, -0.2) is 9.55 Å². The van der Waals surface area contributed by atoms with E-state index in [2.05, 4.69) is 54.9 Å². The Hall–Kier alpha value is -1.57. The molecule has 1 aromatic heterocycles. The van der Waals surface area contributed by atoms with Gasteiger partial charge in [0.05, 0.1) is 5.69 Å². The number of hydrogen-bond donors (Lipinski definition) is 0. The largest absolute Gasteiger partial charge is 0.335 e. The molecule has 2 nitrogen and oxygen atoms in total. The number of nitrogens with zero attached hydrogens (tertiary/aromatic N) is 2. The SMILES string of the molecule is CCCCCCCCCCCCc1nc(CCCc2ccccc2)cn1CCC. The summed E-state index contributed by atoms with van der Waals surface area (Å²) in [5.74, 6) is 1.32. The lowest BCUT2D eigenvalue weighted by Crippen LogP contribution is -2.02. The first-order valence-corrected chi connectivity index (χ1v) is 12.4. The van der Waals surface area contributed by atoms with Gasteiger partial charge in [-0.2, -0.15) is 0 Å². The van der Waals surface area contributed by atoms with Gasteiger partial charge >= 0.3 is 0 Å². The molecule has 0 saturated heterocycles. The highest BCUT2D eigenvalue weighted by Gasteiger charge is 2.08. The summed E-state index contributed by atoms with van der Waals surface area (Å²) in [6, 6.07) is 10.8. The van der Waals surface area contributed by atoms with Crippen LogP contribution in [0.2, 0.25) is 0 Å². The van der Waals surface area contributed by atoms with Crippen molar-refractivity contribution in [3.8, 4) is 0 Å². The summed E-state index contributed by atoms with van der Waals surface area (Å²) in [6.07, 6.45) is 22.1. The second-order valence-corrected chi connectivity index (χ2v) is 8.61. The molecule has 0 N–H and O–H groups in total. The fourth-order valence-corrected chi connectivity index (χ4v) is 4.16. The van der Waals surface area contributed by atoms with Gasteiger partial charge in [0.1, 0.15) is 5.82 Å². The molecule has 0 aliphatic rings. The molecule has 162 valence electrons. The molecule has 0 spiro atoms. The Bertz CT molecular complexity index is 629. The van der Waals surface area contributed by atoms with Gasteiger partial charge in [0.2, 0.25) is 0 Å². The lowest BCUT2D eigenvalue weighted by Gasteiger charge is -2.06. The number of aryl methyl sites for hydroxylation is 4. The van der Waals surface area contributed by atoms with Crippen LogP contribution < -0.4 is 0 Å². The van der Waals surface area contributed by atoms with E-state index in [1.165, 1.54) is 94.1 Å². The third kappa shape index (κ3) is 10.1. The van der Waals surface area contributed by atoms with E-state index in [-0.39, 0.29) is 0 Å². The van der Waals surface area contributed by atoms with E-state index in [1.54, 1.807) is 0 Å². The van der Waals surface area contributed by atoms with Gasteiger partial charge in [0.15, 0.2) is 0 Å². The third-order valence-electron chi connectivity index (χ3n) is 5.87. The molecule has 2 rings (SSSR count). The molecular formula is C27H44N2. The normalized spacial score (nSPS) is 11.2. The first-order valence-electron chi connectivity index (χ1n) is 12.4. The van der Waals surface area contributed by atoms with E-state index in [0.717, 1.165) is 25.8 Å². The van der Waals surface area contributed by atoms with Gasteiger partial charge in [0.25, 0.3) is 0 Å². The number of unbranched alkanes of at least 4 members (excludes halogenated alkanes) is 9. The van der Waals surface area contributed by atoms with Crippen LogP contribution in [0.25, 0.3) is 0 Å². The topological polar surface area (TPSA) is 17.8 Å². The van der Waals surface area contributed by atoms with E-state index in [4.69, 9.17) is 4.98 Å². The summed E-state index contributed by atoms with van der Waals surface area (Å²) in [4.78, 5) is 5.00. The Balaban J connectivity index is 1.64. The molecule has 0 radical (unpaired) electrons. The summed E-state index contributed by atoms with van der Waals surface area (Å²) in [5, 5.41) is 0. The monoisotopic (exact) mass is 396 g/mol. The number of rotatable bonds is 17. The van der Waals surface area contributed by atoms with Gasteiger partial charge in [-0.1, -0.05) is 102 Å². The molecule has 29 heavy (non-hydrogen) atoms. The van der Waals surface area contributed by atoms with E-state index in [0.29, 0.717) is 0 Å². The summed E-state index contributed by atoms with van der Waals surface area (Å²) < 4.78 is 2.42. The molecule has 0 unspecified atom stereocenters. The fraction of sp³-hybridized carbons (Fsp3) is 0.667. The molecule has 0 atom stereocenters. The summed E-state index contributed by atoms with van der Waals surface area (Å²) in [5.41, 5.74) is 2.72. The van der Waals surface area contributed by atoms with Gasteiger partial charge in [-0.25, -0.2) is 4.98 Å². The third-order valence-corrected chi connectivity index (χ3v) is 5.87. The standard InChI is InChI=1S/C27H44N2/c1-3-5-6-7-8-9-10-11-12-16-22-27-28-26(24-29(27)23-4-2)21-17-20-25-18-14-13-15-19-25/h13-15,18-19,24H,3-12,16-17,20-23H2,1-2H3. The predicted octanol–water partition coefficient (Wildman–Crippen LogP) is 7.93.